The van der Waals surface area contributed by atoms with Gasteiger partial charge < -0.3 is 4.98 Å². The number of pyridine rings is 1. The van der Waals surface area contributed by atoms with Gasteiger partial charge in [-0.2, -0.15) is 0 Å². The first-order valence-electron chi connectivity index (χ1n) is 4.49. The van der Waals surface area contributed by atoms with Crippen LogP contribution in [0.15, 0.2) is 40.0 Å². The number of hydrogen-bond acceptors (Lipinski definition) is 3. The van der Waals surface area contributed by atoms with Gasteiger partial charge in [-0.05, 0) is 17.5 Å². The summed E-state index contributed by atoms with van der Waals surface area (Å²) >= 11 is 3.27. The molecule has 3 heterocycles. The Kier molecular flexibility index (Phi) is 1.97. The standard InChI is InChI=1S/C11H7NOS2/c13-11-10-7(8-2-1-5-14-8)6-15-9(10)3-4-12-11/h1-6H,(H,12,13). The summed E-state index contributed by atoms with van der Waals surface area (Å²) in [5.74, 6) is 0. The third-order valence-electron chi connectivity index (χ3n) is 2.28. The van der Waals surface area contributed by atoms with E-state index in [2.05, 4.69) is 4.98 Å². The molecule has 2 nitrogen and oxygen atoms in total. The fourth-order valence-corrected chi connectivity index (χ4v) is 3.39. The van der Waals surface area contributed by atoms with Crippen molar-refractivity contribution in [2.75, 3.05) is 0 Å². The average molecular weight is 233 g/mol. The van der Waals surface area contributed by atoms with Crippen LogP contribution in [0.25, 0.3) is 20.5 Å². The van der Waals surface area contributed by atoms with E-state index in [0.29, 0.717) is 0 Å². The van der Waals surface area contributed by atoms with Gasteiger partial charge in [-0.3, -0.25) is 4.79 Å². The molecule has 0 spiro atoms. The van der Waals surface area contributed by atoms with Crippen molar-refractivity contribution < 1.29 is 0 Å². The summed E-state index contributed by atoms with van der Waals surface area (Å²) in [5.41, 5.74) is 1.05. The molecule has 0 saturated carbocycles. The highest BCUT2D eigenvalue weighted by molar-refractivity contribution is 7.19. The van der Waals surface area contributed by atoms with Crippen molar-refractivity contribution in [1.82, 2.24) is 4.98 Å². The number of fused-ring (bicyclic) bond motifs is 1. The van der Waals surface area contributed by atoms with Crippen LogP contribution in [-0.2, 0) is 0 Å². The highest BCUT2D eigenvalue weighted by atomic mass is 32.1. The topological polar surface area (TPSA) is 32.9 Å². The average Bonchev–Trinajstić information content (AvgIpc) is 2.85. The van der Waals surface area contributed by atoms with E-state index in [1.54, 1.807) is 28.9 Å². The lowest BCUT2D eigenvalue weighted by Gasteiger charge is -1.93. The summed E-state index contributed by atoms with van der Waals surface area (Å²) in [6.07, 6.45) is 1.69. The molecular formula is C11H7NOS2. The number of H-pyrrole nitrogens is 1. The predicted octanol–water partition coefficient (Wildman–Crippen LogP) is 3.32. The molecule has 0 amide bonds. The predicted molar refractivity (Wildman–Crippen MR) is 65.8 cm³/mol. The Morgan fingerprint density at radius 3 is 2.93 bits per heavy atom. The van der Waals surface area contributed by atoms with Crippen LogP contribution in [0.3, 0.4) is 0 Å². The van der Waals surface area contributed by atoms with Gasteiger partial charge in [0.1, 0.15) is 0 Å². The second kappa shape index (κ2) is 3.32. The van der Waals surface area contributed by atoms with Crippen LogP contribution >= 0.6 is 22.7 Å². The van der Waals surface area contributed by atoms with Gasteiger partial charge in [-0.25, -0.2) is 0 Å². The summed E-state index contributed by atoms with van der Waals surface area (Å²) in [5, 5.41) is 4.88. The van der Waals surface area contributed by atoms with Crippen LogP contribution in [0, 0.1) is 0 Å². The molecule has 0 atom stereocenters. The summed E-state index contributed by atoms with van der Waals surface area (Å²) in [7, 11) is 0. The van der Waals surface area contributed by atoms with Crippen LogP contribution in [-0.4, -0.2) is 4.98 Å². The summed E-state index contributed by atoms with van der Waals surface area (Å²) in [6.45, 7) is 0. The van der Waals surface area contributed by atoms with Gasteiger partial charge >= 0.3 is 0 Å². The molecule has 0 radical (unpaired) electrons. The fraction of sp³-hybridized carbons (Fsp3) is 0. The Morgan fingerprint density at radius 1 is 1.20 bits per heavy atom. The van der Waals surface area contributed by atoms with Gasteiger partial charge in [0.05, 0.1) is 5.39 Å². The largest absolute Gasteiger partial charge is 0.328 e. The van der Waals surface area contributed by atoms with Crippen LogP contribution in [0.4, 0.5) is 0 Å². The Labute approximate surface area is 93.8 Å². The molecule has 4 heteroatoms. The molecule has 0 saturated heterocycles. The Balaban J connectivity index is 2.43. The van der Waals surface area contributed by atoms with E-state index < -0.39 is 0 Å². The molecule has 0 aliphatic rings. The molecule has 3 aromatic heterocycles. The van der Waals surface area contributed by atoms with Gasteiger partial charge in [-0.1, -0.05) is 6.07 Å². The van der Waals surface area contributed by atoms with Crippen molar-refractivity contribution in [2.24, 2.45) is 0 Å². The van der Waals surface area contributed by atoms with Crippen LogP contribution in [0.1, 0.15) is 0 Å². The van der Waals surface area contributed by atoms with Crippen LogP contribution < -0.4 is 5.56 Å². The van der Waals surface area contributed by atoms with Gasteiger partial charge in [0.25, 0.3) is 5.56 Å². The molecular weight excluding hydrogens is 226 g/mol. The maximum atomic E-state index is 11.7. The van der Waals surface area contributed by atoms with E-state index in [4.69, 9.17) is 0 Å². The molecule has 74 valence electrons. The smallest absolute Gasteiger partial charge is 0.257 e. The molecule has 1 N–H and O–H groups in total. The van der Waals surface area contributed by atoms with E-state index >= 15 is 0 Å². The summed E-state index contributed by atoms with van der Waals surface area (Å²) in [6, 6.07) is 5.98. The van der Waals surface area contributed by atoms with E-state index in [1.807, 2.05) is 29.0 Å². The Hall–Kier alpha value is -1.39. The minimum Gasteiger partial charge on any atom is -0.328 e. The van der Waals surface area contributed by atoms with Gasteiger partial charge in [-0.15, -0.1) is 22.7 Å². The van der Waals surface area contributed by atoms with Crippen molar-refractivity contribution in [3.8, 4) is 10.4 Å². The zero-order valence-corrected chi connectivity index (χ0v) is 9.32. The first-order chi connectivity index (χ1) is 7.36. The molecule has 0 fully saturated rings. The second-order valence-corrected chi connectivity index (χ2v) is 5.03. The first kappa shape index (κ1) is 8.88. The van der Waals surface area contributed by atoms with Gasteiger partial charge in [0.15, 0.2) is 0 Å². The van der Waals surface area contributed by atoms with E-state index in [9.17, 15) is 4.79 Å². The molecule has 0 aromatic carbocycles. The molecule has 0 unspecified atom stereocenters. The third kappa shape index (κ3) is 1.33. The van der Waals surface area contributed by atoms with Crippen LogP contribution in [0.5, 0.6) is 0 Å². The molecule has 15 heavy (non-hydrogen) atoms. The number of hydrogen-bond donors (Lipinski definition) is 1. The maximum absolute atomic E-state index is 11.7. The summed E-state index contributed by atoms with van der Waals surface area (Å²) < 4.78 is 1.04. The quantitative estimate of drug-likeness (QED) is 0.687. The number of aromatic nitrogens is 1. The Morgan fingerprint density at radius 2 is 2.13 bits per heavy atom. The normalized spacial score (nSPS) is 10.9. The van der Waals surface area contributed by atoms with Gasteiger partial charge in [0.2, 0.25) is 0 Å². The molecule has 0 bridgehead atoms. The lowest BCUT2D eigenvalue weighted by atomic mass is 10.2. The molecule has 3 aromatic rings. The Bertz CT molecular complexity index is 649. The van der Waals surface area contributed by atoms with E-state index in [-0.39, 0.29) is 5.56 Å². The number of aromatic amines is 1. The molecule has 0 aliphatic heterocycles. The highest BCUT2D eigenvalue weighted by Crippen LogP contribution is 2.33. The minimum atomic E-state index is -0.00264. The first-order valence-corrected chi connectivity index (χ1v) is 6.25. The lowest BCUT2D eigenvalue weighted by molar-refractivity contribution is 1.28. The minimum absolute atomic E-state index is 0.00264. The molecule has 3 rings (SSSR count). The van der Waals surface area contributed by atoms with E-state index in [0.717, 1.165) is 20.5 Å². The van der Waals surface area contributed by atoms with Crippen molar-refractivity contribution in [3.05, 3.63) is 45.5 Å². The van der Waals surface area contributed by atoms with Crippen molar-refractivity contribution in [2.45, 2.75) is 0 Å². The zero-order chi connectivity index (χ0) is 10.3. The van der Waals surface area contributed by atoms with Crippen LogP contribution in [0.2, 0.25) is 0 Å². The SMILES string of the molecule is O=c1[nH]ccc2scc(-c3cccs3)c12. The van der Waals surface area contributed by atoms with Crippen molar-refractivity contribution in [1.29, 1.82) is 0 Å². The maximum Gasteiger partial charge on any atom is 0.257 e. The number of rotatable bonds is 1. The number of thiophene rings is 2. The highest BCUT2D eigenvalue weighted by Gasteiger charge is 2.09. The van der Waals surface area contributed by atoms with Crippen molar-refractivity contribution in [3.63, 3.8) is 0 Å². The second-order valence-electron chi connectivity index (χ2n) is 3.17. The van der Waals surface area contributed by atoms with E-state index in [1.165, 1.54) is 0 Å². The van der Waals surface area contributed by atoms with Crippen molar-refractivity contribution >= 4 is 32.8 Å². The fourth-order valence-electron chi connectivity index (χ4n) is 1.61. The lowest BCUT2D eigenvalue weighted by Crippen LogP contribution is -2.03. The summed E-state index contributed by atoms with van der Waals surface area (Å²) in [4.78, 5) is 15.6. The third-order valence-corrected chi connectivity index (χ3v) is 4.13. The van der Waals surface area contributed by atoms with Gasteiger partial charge in [0, 0.05) is 26.7 Å². The number of nitrogens with one attached hydrogen (secondary N) is 1. The zero-order valence-electron chi connectivity index (χ0n) is 7.69. The molecule has 0 aliphatic carbocycles. The monoisotopic (exact) mass is 233 g/mol.